The predicted octanol–water partition coefficient (Wildman–Crippen LogP) is 2.01. The van der Waals surface area contributed by atoms with Gasteiger partial charge in [0.05, 0.1) is 23.4 Å². The second-order valence-corrected chi connectivity index (χ2v) is 7.55. The summed E-state index contributed by atoms with van der Waals surface area (Å²) in [6, 6.07) is 0.0880. The van der Waals surface area contributed by atoms with E-state index in [1.54, 1.807) is 15.8 Å². The first kappa shape index (κ1) is 18.1. The molecule has 0 radical (unpaired) electrons. The van der Waals surface area contributed by atoms with E-state index in [0.717, 1.165) is 0 Å². The van der Waals surface area contributed by atoms with Crippen molar-refractivity contribution in [1.82, 2.24) is 19.9 Å². The van der Waals surface area contributed by atoms with Gasteiger partial charge in [0.25, 0.3) is 0 Å². The number of halogens is 1. The number of hydrogen-bond acceptors (Lipinski definition) is 5. The summed E-state index contributed by atoms with van der Waals surface area (Å²) in [5, 5.41) is 8.01. The van der Waals surface area contributed by atoms with Gasteiger partial charge in [-0.3, -0.25) is 4.79 Å². The minimum atomic E-state index is -1.04. The van der Waals surface area contributed by atoms with E-state index in [2.05, 4.69) is 10.3 Å². The second kappa shape index (κ2) is 6.21. The van der Waals surface area contributed by atoms with Crippen molar-refractivity contribution in [2.45, 2.75) is 58.3 Å². The molecule has 1 aromatic heterocycles. The molecule has 0 aromatic carbocycles. The molecule has 25 heavy (non-hydrogen) atoms. The Morgan fingerprint density at radius 3 is 2.52 bits per heavy atom. The standard InChI is InChI=1S/C16H24BFN4O3/c1-6-14(23)21-9-12(10-21)22-8-11(19-20-22)7-13(18)17-24-15(2,3)16(4,5)25-17/h7-8,12H,6,9-10H2,1-5H3. The Morgan fingerprint density at radius 1 is 1.36 bits per heavy atom. The van der Waals surface area contributed by atoms with E-state index in [9.17, 15) is 9.18 Å². The zero-order chi connectivity index (χ0) is 18.4. The van der Waals surface area contributed by atoms with E-state index in [1.165, 1.54) is 6.08 Å². The summed E-state index contributed by atoms with van der Waals surface area (Å²) in [7, 11) is -1.04. The van der Waals surface area contributed by atoms with Crippen LogP contribution in [0.1, 0.15) is 52.8 Å². The van der Waals surface area contributed by atoms with Crippen molar-refractivity contribution >= 4 is 19.1 Å². The summed E-state index contributed by atoms with van der Waals surface area (Å²) < 4.78 is 27.5. The summed E-state index contributed by atoms with van der Waals surface area (Å²) in [4.78, 5) is 13.3. The third-order valence-corrected chi connectivity index (χ3v) is 5.18. The topological polar surface area (TPSA) is 69.5 Å². The van der Waals surface area contributed by atoms with Gasteiger partial charge in [0.1, 0.15) is 11.4 Å². The number of nitrogens with zero attached hydrogens (tertiary/aromatic N) is 4. The average Bonchev–Trinajstić information content (AvgIpc) is 3.00. The van der Waals surface area contributed by atoms with E-state index in [4.69, 9.17) is 9.31 Å². The highest BCUT2D eigenvalue weighted by atomic mass is 19.1. The van der Waals surface area contributed by atoms with Gasteiger partial charge in [0.2, 0.25) is 5.91 Å². The fourth-order valence-electron chi connectivity index (χ4n) is 2.75. The van der Waals surface area contributed by atoms with Crippen LogP contribution in [0.2, 0.25) is 0 Å². The Bertz CT molecular complexity index is 681. The first-order chi connectivity index (χ1) is 11.6. The quantitative estimate of drug-likeness (QED) is 0.777. The third-order valence-electron chi connectivity index (χ3n) is 5.18. The largest absolute Gasteiger partial charge is 0.525 e. The van der Waals surface area contributed by atoms with E-state index in [1.807, 2.05) is 34.6 Å². The van der Waals surface area contributed by atoms with Crippen molar-refractivity contribution < 1.29 is 18.5 Å². The molecule has 1 aromatic rings. The maximum Gasteiger partial charge on any atom is 0.525 e. The number of rotatable bonds is 4. The number of carbonyl (C=O) groups is 1. The van der Waals surface area contributed by atoms with Crippen LogP contribution >= 0.6 is 0 Å². The highest BCUT2D eigenvalue weighted by molar-refractivity contribution is 6.54. The molecule has 1 amide bonds. The van der Waals surface area contributed by atoms with Crippen LogP contribution in [0.5, 0.6) is 0 Å². The van der Waals surface area contributed by atoms with Gasteiger partial charge in [-0.25, -0.2) is 9.07 Å². The normalized spacial score (nSPS) is 23.0. The predicted molar refractivity (Wildman–Crippen MR) is 91.1 cm³/mol. The maximum absolute atomic E-state index is 14.5. The van der Waals surface area contributed by atoms with Gasteiger partial charge in [-0.1, -0.05) is 12.1 Å². The van der Waals surface area contributed by atoms with Crippen molar-refractivity contribution in [1.29, 1.82) is 0 Å². The summed E-state index contributed by atoms with van der Waals surface area (Å²) in [6.45, 7) is 10.5. The Kier molecular flexibility index (Phi) is 4.49. The van der Waals surface area contributed by atoms with E-state index >= 15 is 0 Å². The molecule has 0 N–H and O–H groups in total. The Labute approximate surface area is 147 Å². The van der Waals surface area contributed by atoms with Crippen LogP contribution in [0, 0.1) is 0 Å². The van der Waals surface area contributed by atoms with Gasteiger partial charge in [-0.15, -0.1) is 5.10 Å². The van der Waals surface area contributed by atoms with Gasteiger partial charge < -0.3 is 14.2 Å². The van der Waals surface area contributed by atoms with Gasteiger partial charge in [0.15, 0.2) is 0 Å². The minimum Gasteiger partial charge on any atom is -0.398 e. The SMILES string of the molecule is CCC(=O)N1CC(n2cc(C=C(F)B3OC(C)(C)C(C)(C)O3)nn2)C1. The number of aromatic nitrogens is 3. The molecule has 3 heterocycles. The van der Waals surface area contributed by atoms with Crippen LogP contribution in [0.25, 0.3) is 6.08 Å². The zero-order valence-corrected chi connectivity index (χ0v) is 15.3. The van der Waals surface area contributed by atoms with Crippen molar-refractivity contribution in [3.63, 3.8) is 0 Å². The lowest BCUT2D eigenvalue weighted by Crippen LogP contribution is -2.50. The molecule has 0 atom stereocenters. The summed E-state index contributed by atoms with van der Waals surface area (Å²) in [5.74, 6) is 0.128. The Hall–Kier alpha value is -1.74. The molecule has 0 aliphatic carbocycles. The Balaban J connectivity index is 1.64. The highest BCUT2D eigenvalue weighted by Gasteiger charge is 2.53. The number of amides is 1. The third kappa shape index (κ3) is 3.35. The van der Waals surface area contributed by atoms with Gasteiger partial charge in [-0.2, -0.15) is 0 Å². The number of carbonyl (C=O) groups excluding carboxylic acids is 1. The van der Waals surface area contributed by atoms with Crippen LogP contribution in [0.3, 0.4) is 0 Å². The van der Waals surface area contributed by atoms with Gasteiger partial charge in [-0.05, 0) is 33.8 Å². The zero-order valence-electron chi connectivity index (χ0n) is 15.3. The lowest BCUT2D eigenvalue weighted by Gasteiger charge is -2.38. The molecule has 9 heteroatoms. The first-order valence-corrected chi connectivity index (χ1v) is 8.55. The second-order valence-electron chi connectivity index (χ2n) is 7.55. The lowest BCUT2D eigenvalue weighted by atomic mass is 9.87. The van der Waals surface area contributed by atoms with Crippen LogP contribution in [0.15, 0.2) is 11.9 Å². The molecule has 2 fully saturated rings. The lowest BCUT2D eigenvalue weighted by molar-refractivity contribution is -0.136. The number of hydrogen-bond donors (Lipinski definition) is 0. The van der Waals surface area contributed by atoms with Crippen LogP contribution in [0.4, 0.5) is 4.39 Å². The molecule has 0 bridgehead atoms. The molecule has 2 aliphatic rings. The van der Waals surface area contributed by atoms with Crippen molar-refractivity contribution in [2.75, 3.05) is 13.1 Å². The monoisotopic (exact) mass is 350 g/mol. The Morgan fingerprint density at radius 2 is 1.96 bits per heavy atom. The maximum atomic E-state index is 14.5. The highest BCUT2D eigenvalue weighted by Crippen LogP contribution is 2.39. The molecular formula is C16H24BFN4O3. The molecule has 0 saturated carbocycles. The van der Waals surface area contributed by atoms with Gasteiger partial charge in [0, 0.05) is 19.5 Å². The van der Waals surface area contributed by atoms with Crippen molar-refractivity contribution in [2.24, 2.45) is 0 Å². The van der Waals surface area contributed by atoms with E-state index in [0.29, 0.717) is 25.2 Å². The summed E-state index contributed by atoms with van der Waals surface area (Å²) in [6.07, 6.45) is 3.44. The van der Waals surface area contributed by atoms with Crippen LogP contribution in [-0.4, -0.2) is 57.2 Å². The number of likely N-dealkylation sites (tertiary alicyclic amines) is 1. The molecule has 2 saturated heterocycles. The smallest absolute Gasteiger partial charge is 0.398 e. The average molecular weight is 350 g/mol. The molecule has 0 unspecified atom stereocenters. The van der Waals surface area contributed by atoms with Crippen molar-refractivity contribution in [3.05, 3.63) is 17.6 Å². The summed E-state index contributed by atoms with van der Waals surface area (Å²) in [5.41, 5.74) is -1.34. The molecule has 3 rings (SSSR count). The van der Waals surface area contributed by atoms with Crippen LogP contribution in [-0.2, 0) is 14.1 Å². The fourth-order valence-corrected chi connectivity index (χ4v) is 2.75. The van der Waals surface area contributed by atoms with Crippen molar-refractivity contribution in [3.8, 4) is 0 Å². The van der Waals surface area contributed by atoms with E-state index in [-0.39, 0.29) is 11.9 Å². The molecular weight excluding hydrogens is 326 g/mol. The van der Waals surface area contributed by atoms with Gasteiger partial charge >= 0.3 is 7.12 Å². The molecule has 7 nitrogen and oxygen atoms in total. The molecule has 0 spiro atoms. The fraction of sp³-hybridized carbons (Fsp3) is 0.688. The molecule has 136 valence electrons. The van der Waals surface area contributed by atoms with E-state index < -0.39 is 24.0 Å². The first-order valence-electron chi connectivity index (χ1n) is 8.55. The molecule has 2 aliphatic heterocycles. The minimum absolute atomic E-state index is 0.0880. The summed E-state index contributed by atoms with van der Waals surface area (Å²) >= 11 is 0. The van der Waals surface area contributed by atoms with Crippen LogP contribution < -0.4 is 0 Å².